The number of phenolic OH excluding ortho intramolecular Hbond substituents is 1. The zero-order valence-electron chi connectivity index (χ0n) is 9.47. The van der Waals surface area contributed by atoms with Crippen LogP contribution in [0.25, 0.3) is 0 Å². The highest BCUT2D eigenvalue weighted by Crippen LogP contribution is 2.29. The van der Waals surface area contributed by atoms with Gasteiger partial charge in [-0.15, -0.1) is 0 Å². The predicted octanol–water partition coefficient (Wildman–Crippen LogP) is 3.09. The highest BCUT2D eigenvalue weighted by atomic mass is 79.9. The molecular formula is C12H9BrFNO3S. The van der Waals surface area contributed by atoms with Crippen LogP contribution in [0.15, 0.2) is 51.8 Å². The van der Waals surface area contributed by atoms with Crippen molar-refractivity contribution in [3.63, 3.8) is 0 Å². The van der Waals surface area contributed by atoms with Crippen molar-refractivity contribution in [3.8, 4) is 5.75 Å². The molecule has 0 bridgehead atoms. The summed E-state index contributed by atoms with van der Waals surface area (Å²) < 4.78 is 39.9. The summed E-state index contributed by atoms with van der Waals surface area (Å²) in [6.45, 7) is 0. The second-order valence-electron chi connectivity index (χ2n) is 3.72. The van der Waals surface area contributed by atoms with E-state index in [2.05, 4.69) is 20.7 Å². The average molecular weight is 346 g/mol. The van der Waals surface area contributed by atoms with Gasteiger partial charge in [0.15, 0.2) is 0 Å². The summed E-state index contributed by atoms with van der Waals surface area (Å²) in [6, 6.07) is 8.92. The van der Waals surface area contributed by atoms with Crippen LogP contribution in [0.5, 0.6) is 5.75 Å². The molecule has 0 aliphatic carbocycles. The number of aromatic hydroxyl groups is 1. The van der Waals surface area contributed by atoms with Crippen molar-refractivity contribution < 1.29 is 17.9 Å². The Balaban J connectivity index is 2.39. The van der Waals surface area contributed by atoms with Gasteiger partial charge in [-0.1, -0.05) is 22.0 Å². The van der Waals surface area contributed by atoms with E-state index in [1.54, 1.807) is 6.07 Å². The summed E-state index contributed by atoms with van der Waals surface area (Å²) in [5.41, 5.74) is 0.0126. The number of hydrogen-bond acceptors (Lipinski definition) is 3. The van der Waals surface area contributed by atoms with Crippen molar-refractivity contribution in [1.29, 1.82) is 0 Å². The topological polar surface area (TPSA) is 66.4 Å². The van der Waals surface area contributed by atoms with Crippen LogP contribution in [0.1, 0.15) is 0 Å². The van der Waals surface area contributed by atoms with Gasteiger partial charge in [-0.05, 0) is 36.4 Å². The first-order valence-electron chi connectivity index (χ1n) is 5.15. The van der Waals surface area contributed by atoms with Gasteiger partial charge in [0.25, 0.3) is 10.0 Å². The second-order valence-corrected chi connectivity index (χ2v) is 6.32. The number of rotatable bonds is 3. The van der Waals surface area contributed by atoms with E-state index in [1.807, 2.05) is 0 Å². The molecule has 100 valence electrons. The predicted molar refractivity (Wildman–Crippen MR) is 73.0 cm³/mol. The zero-order chi connectivity index (χ0) is 14.0. The lowest BCUT2D eigenvalue weighted by atomic mass is 10.3. The summed E-state index contributed by atoms with van der Waals surface area (Å²) in [5, 5.41) is 9.58. The molecule has 0 aliphatic rings. The maximum atomic E-state index is 13.0. The van der Waals surface area contributed by atoms with Crippen molar-refractivity contribution in [2.24, 2.45) is 0 Å². The number of halogens is 2. The van der Waals surface area contributed by atoms with Crippen LogP contribution in [0.2, 0.25) is 0 Å². The lowest BCUT2D eigenvalue weighted by Crippen LogP contribution is -2.13. The molecule has 2 rings (SSSR count). The van der Waals surface area contributed by atoms with Crippen LogP contribution >= 0.6 is 15.9 Å². The first kappa shape index (κ1) is 13.8. The Morgan fingerprint density at radius 3 is 2.58 bits per heavy atom. The van der Waals surface area contributed by atoms with Crippen LogP contribution < -0.4 is 4.72 Å². The molecule has 2 aromatic carbocycles. The Kier molecular flexibility index (Phi) is 3.77. The lowest BCUT2D eigenvalue weighted by molar-refractivity contribution is 0.477. The molecule has 19 heavy (non-hydrogen) atoms. The minimum atomic E-state index is -3.95. The van der Waals surface area contributed by atoms with Crippen LogP contribution in [0, 0.1) is 5.82 Å². The van der Waals surface area contributed by atoms with E-state index in [9.17, 15) is 17.9 Å². The second kappa shape index (κ2) is 5.18. The zero-order valence-corrected chi connectivity index (χ0v) is 11.9. The number of anilines is 1. The standard InChI is InChI=1S/C12H9BrFNO3S/c13-8-4-5-12(16)11(6-8)15-19(17,18)10-3-1-2-9(14)7-10/h1-7,15-16H. The summed E-state index contributed by atoms with van der Waals surface area (Å²) in [5.74, 6) is -0.871. The molecule has 0 unspecified atom stereocenters. The van der Waals surface area contributed by atoms with Crippen molar-refractivity contribution in [2.45, 2.75) is 4.90 Å². The fourth-order valence-corrected chi connectivity index (χ4v) is 2.89. The lowest BCUT2D eigenvalue weighted by Gasteiger charge is -2.10. The number of benzene rings is 2. The highest BCUT2D eigenvalue weighted by Gasteiger charge is 2.16. The maximum absolute atomic E-state index is 13.0. The molecule has 4 nitrogen and oxygen atoms in total. The Morgan fingerprint density at radius 1 is 1.16 bits per heavy atom. The molecule has 7 heteroatoms. The van der Waals surface area contributed by atoms with Gasteiger partial charge in [0.05, 0.1) is 10.6 Å². The number of nitrogens with one attached hydrogen (secondary N) is 1. The van der Waals surface area contributed by atoms with Gasteiger partial charge in [-0.25, -0.2) is 12.8 Å². The summed E-state index contributed by atoms with van der Waals surface area (Å²) in [7, 11) is -3.95. The van der Waals surface area contributed by atoms with Crippen molar-refractivity contribution in [1.82, 2.24) is 0 Å². The molecule has 0 saturated carbocycles. The normalized spacial score (nSPS) is 11.3. The van der Waals surface area contributed by atoms with Gasteiger partial charge < -0.3 is 5.11 Å². The van der Waals surface area contributed by atoms with Crippen molar-refractivity contribution in [3.05, 3.63) is 52.8 Å². The Morgan fingerprint density at radius 2 is 1.89 bits per heavy atom. The molecule has 0 amide bonds. The van der Waals surface area contributed by atoms with E-state index in [0.29, 0.717) is 4.47 Å². The summed E-state index contributed by atoms with van der Waals surface area (Å²) in [4.78, 5) is -0.216. The van der Waals surface area contributed by atoms with E-state index in [1.165, 1.54) is 24.3 Å². The highest BCUT2D eigenvalue weighted by molar-refractivity contribution is 9.10. The maximum Gasteiger partial charge on any atom is 0.262 e. The molecule has 0 spiro atoms. The van der Waals surface area contributed by atoms with Crippen LogP contribution in [-0.2, 0) is 10.0 Å². The van der Waals surface area contributed by atoms with Crippen LogP contribution in [-0.4, -0.2) is 13.5 Å². The van der Waals surface area contributed by atoms with Crippen LogP contribution in [0.4, 0.5) is 10.1 Å². The molecule has 0 saturated heterocycles. The molecule has 2 N–H and O–H groups in total. The van der Waals surface area contributed by atoms with Crippen molar-refractivity contribution in [2.75, 3.05) is 4.72 Å². The fourth-order valence-electron chi connectivity index (χ4n) is 1.43. The minimum Gasteiger partial charge on any atom is -0.506 e. The molecule has 0 radical (unpaired) electrons. The van der Waals surface area contributed by atoms with Gasteiger partial charge in [-0.3, -0.25) is 4.72 Å². The summed E-state index contributed by atoms with van der Waals surface area (Å²) >= 11 is 3.17. The molecule has 0 atom stereocenters. The third-order valence-corrected chi connectivity index (χ3v) is 4.17. The number of sulfonamides is 1. The first-order chi connectivity index (χ1) is 8.88. The van der Waals surface area contributed by atoms with Crippen molar-refractivity contribution >= 4 is 31.6 Å². The van der Waals surface area contributed by atoms with Gasteiger partial charge in [0.2, 0.25) is 0 Å². The number of phenols is 1. The van der Waals surface area contributed by atoms with E-state index in [-0.39, 0.29) is 16.3 Å². The Labute approximate surface area is 118 Å². The van der Waals surface area contributed by atoms with Gasteiger partial charge >= 0.3 is 0 Å². The molecule has 0 aliphatic heterocycles. The SMILES string of the molecule is O=S(=O)(Nc1cc(Br)ccc1O)c1cccc(F)c1. The molecule has 0 aromatic heterocycles. The molecule has 0 fully saturated rings. The van der Waals surface area contributed by atoms with E-state index < -0.39 is 15.8 Å². The minimum absolute atomic E-state index is 0.0126. The number of hydrogen-bond donors (Lipinski definition) is 2. The molecule has 0 heterocycles. The quantitative estimate of drug-likeness (QED) is 0.840. The van der Waals surface area contributed by atoms with E-state index >= 15 is 0 Å². The third kappa shape index (κ3) is 3.24. The van der Waals surface area contributed by atoms with Crippen LogP contribution in [0.3, 0.4) is 0 Å². The third-order valence-electron chi connectivity index (χ3n) is 2.31. The monoisotopic (exact) mass is 345 g/mol. The van der Waals surface area contributed by atoms with Gasteiger partial charge in [0, 0.05) is 4.47 Å². The fraction of sp³-hybridized carbons (Fsp3) is 0. The van der Waals surface area contributed by atoms with Gasteiger partial charge in [-0.2, -0.15) is 0 Å². The largest absolute Gasteiger partial charge is 0.506 e. The van der Waals surface area contributed by atoms with E-state index in [4.69, 9.17) is 0 Å². The molecular weight excluding hydrogens is 337 g/mol. The van der Waals surface area contributed by atoms with Gasteiger partial charge in [0.1, 0.15) is 11.6 Å². The first-order valence-corrected chi connectivity index (χ1v) is 7.43. The Bertz CT molecular complexity index is 719. The smallest absolute Gasteiger partial charge is 0.262 e. The molecule has 2 aromatic rings. The van der Waals surface area contributed by atoms with E-state index in [0.717, 1.165) is 12.1 Å². The summed E-state index contributed by atoms with van der Waals surface area (Å²) in [6.07, 6.45) is 0. The average Bonchev–Trinajstić information content (AvgIpc) is 2.33. The Hall–Kier alpha value is -1.60.